The molecule has 1 aliphatic heterocycles. The van der Waals surface area contributed by atoms with Crippen molar-refractivity contribution in [1.82, 2.24) is 14.3 Å². The number of nitrogens with one attached hydrogen (secondary N) is 1. The lowest BCUT2D eigenvalue weighted by Gasteiger charge is -2.20. The molecule has 190 valence electrons. The first kappa shape index (κ1) is 24.5. The summed E-state index contributed by atoms with van der Waals surface area (Å²) in [7, 11) is 0. The number of carbonyl (C=O) groups excluding carboxylic acids is 1. The highest BCUT2D eigenvalue weighted by molar-refractivity contribution is 6.34. The first-order valence-corrected chi connectivity index (χ1v) is 12.5. The summed E-state index contributed by atoms with van der Waals surface area (Å²) >= 11 is 6.05. The van der Waals surface area contributed by atoms with Crippen LogP contribution in [0, 0.1) is 17.0 Å². The lowest BCUT2D eigenvalue weighted by Crippen LogP contribution is -2.29. The van der Waals surface area contributed by atoms with Crippen molar-refractivity contribution in [3.05, 3.63) is 68.9 Å². The molecule has 2 aromatic carbocycles. The predicted molar refractivity (Wildman–Crippen MR) is 132 cm³/mol. The number of anilines is 1. The molecule has 0 unspecified atom stereocenters. The minimum Gasteiger partial charge on any atom is -0.490 e. The van der Waals surface area contributed by atoms with Gasteiger partial charge < -0.3 is 10.1 Å². The number of rotatable bonds is 7. The molecular weight excluding hydrogens is 490 g/mol. The van der Waals surface area contributed by atoms with E-state index < -0.39 is 23.2 Å². The van der Waals surface area contributed by atoms with Gasteiger partial charge in [-0.3, -0.25) is 9.36 Å². The summed E-state index contributed by atoms with van der Waals surface area (Å²) in [4.78, 5) is 26.2. The monoisotopic (exact) mass is 516 g/mol. The van der Waals surface area contributed by atoms with E-state index in [1.54, 1.807) is 4.57 Å². The van der Waals surface area contributed by atoms with Crippen LogP contribution in [-0.4, -0.2) is 26.4 Å². The van der Waals surface area contributed by atoms with Gasteiger partial charge in [0.25, 0.3) is 5.91 Å². The third kappa shape index (κ3) is 4.52. The van der Waals surface area contributed by atoms with E-state index in [4.69, 9.17) is 16.3 Å². The predicted octanol–water partition coefficient (Wildman–Crippen LogP) is 5.51. The van der Waals surface area contributed by atoms with Crippen LogP contribution in [0.1, 0.15) is 62.1 Å². The smallest absolute Gasteiger partial charge is 0.350 e. The Bertz CT molecular complexity index is 1380. The van der Waals surface area contributed by atoms with Gasteiger partial charge in [0.2, 0.25) is 0 Å². The molecule has 5 rings (SSSR count). The average molecular weight is 517 g/mol. The van der Waals surface area contributed by atoms with E-state index in [0.717, 1.165) is 42.5 Å². The maximum atomic E-state index is 15.4. The lowest BCUT2D eigenvalue weighted by molar-refractivity contribution is 0.101. The molecule has 10 heteroatoms. The Balaban J connectivity index is 1.55. The summed E-state index contributed by atoms with van der Waals surface area (Å²) in [5.74, 6) is -1.64. The van der Waals surface area contributed by atoms with Crippen LogP contribution in [0.25, 0.3) is 5.69 Å². The molecule has 1 fully saturated rings. The van der Waals surface area contributed by atoms with Gasteiger partial charge in [-0.15, -0.1) is 5.10 Å². The molecule has 36 heavy (non-hydrogen) atoms. The molecule has 1 amide bonds. The van der Waals surface area contributed by atoms with Gasteiger partial charge >= 0.3 is 5.69 Å². The number of nitrogens with zero attached hydrogens (tertiary/aromatic N) is 3. The minimum absolute atomic E-state index is 0.00541. The maximum Gasteiger partial charge on any atom is 0.350 e. The zero-order valence-corrected chi connectivity index (χ0v) is 20.9. The van der Waals surface area contributed by atoms with Crippen molar-refractivity contribution < 1.29 is 18.3 Å². The number of ether oxygens (including phenoxy) is 1. The normalized spacial score (nSPS) is 16.5. The van der Waals surface area contributed by atoms with Crippen molar-refractivity contribution in [2.24, 2.45) is 5.41 Å². The Morgan fingerprint density at radius 1 is 1.25 bits per heavy atom. The first-order valence-electron chi connectivity index (χ1n) is 12.2. The number of para-hydroxylation sites is 1. The van der Waals surface area contributed by atoms with Crippen LogP contribution in [0.3, 0.4) is 0 Å². The van der Waals surface area contributed by atoms with Crippen molar-refractivity contribution in [1.29, 1.82) is 0 Å². The minimum atomic E-state index is -0.825. The van der Waals surface area contributed by atoms with Crippen LogP contribution >= 0.6 is 11.6 Å². The molecular formula is C26H27ClF2N4O3. The van der Waals surface area contributed by atoms with Gasteiger partial charge in [-0.2, -0.15) is 4.68 Å². The highest BCUT2D eigenvalue weighted by Crippen LogP contribution is 2.53. The Labute approximate surface area is 212 Å². The third-order valence-electron chi connectivity index (χ3n) is 7.04. The Hall–Kier alpha value is -3.20. The van der Waals surface area contributed by atoms with Crippen LogP contribution in [0.4, 0.5) is 14.5 Å². The molecule has 7 nitrogen and oxygen atoms in total. The number of carbonyl (C=O) groups is 1. The average Bonchev–Trinajstić information content (AvgIpc) is 3.50. The van der Waals surface area contributed by atoms with Crippen LogP contribution < -0.4 is 15.7 Å². The van der Waals surface area contributed by atoms with Crippen LogP contribution in [-0.2, 0) is 13.0 Å². The Morgan fingerprint density at radius 3 is 2.72 bits per heavy atom. The summed E-state index contributed by atoms with van der Waals surface area (Å²) < 4.78 is 38.3. The molecule has 1 aliphatic carbocycles. The van der Waals surface area contributed by atoms with Gasteiger partial charge in [0, 0.05) is 19.0 Å². The Morgan fingerprint density at radius 2 is 2.03 bits per heavy atom. The quantitative estimate of drug-likeness (QED) is 0.449. The van der Waals surface area contributed by atoms with E-state index in [1.165, 1.54) is 18.2 Å². The molecule has 2 heterocycles. The molecule has 1 atom stereocenters. The highest BCUT2D eigenvalue weighted by Gasteiger charge is 2.46. The van der Waals surface area contributed by atoms with E-state index in [0.29, 0.717) is 25.2 Å². The van der Waals surface area contributed by atoms with E-state index in [2.05, 4.69) is 10.4 Å². The first-order chi connectivity index (χ1) is 17.2. The van der Waals surface area contributed by atoms with Gasteiger partial charge in [0.1, 0.15) is 28.9 Å². The molecule has 2 aliphatic rings. The second-order valence-corrected chi connectivity index (χ2v) is 10.2. The summed E-state index contributed by atoms with van der Waals surface area (Å²) in [5.41, 5.74) is -0.668. The van der Waals surface area contributed by atoms with Crippen molar-refractivity contribution in [2.45, 2.75) is 65.0 Å². The van der Waals surface area contributed by atoms with Gasteiger partial charge in [-0.25, -0.2) is 13.6 Å². The number of fused-ring (bicyclic) bond motifs is 1. The topological polar surface area (TPSA) is 78.2 Å². The van der Waals surface area contributed by atoms with Crippen molar-refractivity contribution >= 4 is 23.2 Å². The Kier molecular flexibility index (Phi) is 6.36. The number of halogens is 3. The molecule has 0 bridgehead atoms. The second-order valence-electron chi connectivity index (χ2n) is 9.76. The number of aromatic nitrogens is 3. The van der Waals surface area contributed by atoms with Gasteiger partial charge in [-0.1, -0.05) is 31.0 Å². The van der Waals surface area contributed by atoms with Crippen LogP contribution in [0.15, 0.2) is 35.1 Å². The number of amides is 1. The summed E-state index contributed by atoms with van der Waals surface area (Å²) in [6.07, 6.45) is 5.06. The van der Waals surface area contributed by atoms with E-state index in [1.807, 2.05) is 13.8 Å². The third-order valence-corrected chi connectivity index (χ3v) is 7.36. The standard InChI is InChI=1S/C26H27ClF2N4O3/c1-3-5-15(2)36-21-13-20(33-25(35)32-11-10-26(8-9-26)14-22(32)31-33)19(29)12-16(21)24(34)30-23-17(27)6-4-7-18(23)28/h4,6-7,12-13,15H,3,5,8-11,14H2,1-2H3,(H,30,34)/t15-/m0/s1. The van der Waals surface area contributed by atoms with Crippen LogP contribution in [0.5, 0.6) is 5.75 Å². The molecule has 3 aromatic rings. The fraction of sp³-hybridized carbons (Fsp3) is 0.423. The molecule has 0 saturated heterocycles. The lowest BCUT2D eigenvalue weighted by atomic mass is 9.95. The summed E-state index contributed by atoms with van der Waals surface area (Å²) in [6.45, 7) is 4.38. The molecule has 1 spiro atoms. The number of benzene rings is 2. The highest BCUT2D eigenvalue weighted by atomic mass is 35.5. The molecule has 1 aromatic heterocycles. The number of hydrogen-bond acceptors (Lipinski definition) is 4. The largest absolute Gasteiger partial charge is 0.490 e. The fourth-order valence-corrected chi connectivity index (χ4v) is 5.00. The molecule has 1 N–H and O–H groups in total. The molecule has 0 radical (unpaired) electrons. The zero-order valence-electron chi connectivity index (χ0n) is 20.1. The fourth-order valence-electron chi connectivity index (χ4n) is 4.79. The van der Waals surface area contributed by atoms with Crippen molar-refractivity contribution in [3.8, 4) is 11.4 Å². The second kappa shape index (κ2) is 9.35. The summed E-state index contributed by atoms with van der Waals surface area (Å²) in [5, 5.41) is 6.86. The summed E-state index contributed by atoms with van der Waals surface area (Å²) in [6, 6.07) is 6.30. The maximum absolute atomic E-state index is 15.4. The van der Waals surface area contributed by atoms with Crippen molar-refractivity contribution in [3.63, 3.8) is 0 Å². The molecule has 1 saturated carbocycles. The van der Waals surface area contributed by atoms with E-state index >= 15 is 4.39 Å². The van der Waals surface area contributed by atoms with E-state index in [-0.39, 0.29) is 39.2 Å². The van der Waals surface area contributed by atoms with Crippen molar-refractivity contribution in [2.75, 3.05) is 5.32 Å². The number of hydrogen-bond donors (Lipinski definition) is 1. The van der Waals surface area contributed by atoms with E-state index in [9.17, 15) is 14.0 Å². The van der Waals surface area contributed by atoms with Gasteiger partial charge in [0.15, 0.2) is 0 Å². The zero-order chi connectivity index (χ0) is 25.6. The SMILES string of the molecule is CCC[C@H](C)Oc1cc(-n2nc3n(c2=O)CCC2(CC2)C3)c(F)cc1C(=O)Nc1c(F)cccc1Cl. The van der Waals surface area contributed by atoms with Crippen LogP contribution in [0.2, 0.25) is 5.02 Å². The van der Waals surface area contributed by atoms with Gasteiger partial charge in [-0.05, 0) is 56.2 Å². The van der Waals surface area contributed by atoms with Gasteiger partial charge in [0.05, 0.1) is 22.4 Å².